The van der Waals surface area contributed by atoms with Crippen LogP contribution in [0.1, 0.15) is 11.4 Å². The average Bonchev–Trinajstić information content (AvgIpc) is 3.06. The molecule has 0 aliphatic heterocycles. The number of aromatic nitrogens is 3. The van der Waals surface area contributed by atoms with Gasteiger partial charge in [-0.2, -0.15) is 10.1 Å². The minimum atomic E-state index is -3.31. The van der Waals surface area contributed by atoms with Crippen molar-refractivity contribution >= 4 is 37.3 Å². The molecule has 3 rings (SSSR count). The van der Waals surface area contributed by atoms with E-state index in [4.69, 9.17) is 0 Å². The Labute approximate surface area is 161 Å². The van der Waals surface area contributed by atoms with Crippen LogP contribution >= 0.6 is 11.3 Å². The molecule has 0 unspecified atom stereocenters. The molecule has 142 valence electrons. The monoisotopic (exact) mass is 404 g/mol. The van der Waals surface area contributed by atoms with Crippen LogP contribution in [0.15, 0.2) is 46.8 Å². The minimum absolute atomic E-state index is 0.0522. The maximum atomic E-state index is 12.4. The van der Waals surface area contributed by atoms with E-state index in [2.05, 4.69) is 16.7 Å². The Hall–Kier alpha value is -2.52. The predicted molar refractivity (Wildman–Crippen MR) is 105 cm³/mol. The third kappa shape index (κ3) is 4.09. The number of hydrogen-bond donors (Lipinski definition) is 0. The van der Waals surface area contributed by atoms with Gasteiger partial charge in [-0.25, -0.2) is 8.42 Å². The zero-order valence-electron chi connectivity index (χ0n) is 15.3. The summed E-state index contributed by atoms with van der Waals surface area (Å²) in [7, 11) is -3.31. The highest BCUT2D eigenvalue weighted by Crippen LogP contribution is 2.22. The standard InChI is InChI=1S/C18H20N4O3S2/c1-5-8-21-15-7-6-14(27(4,24)25)10-16(15)26-18(21)19-17(23)11-22-13(3)9-12(2)20-22/h5-7,9-10H,1,8,11H2,2-4H3. The minimum Gasteiger partial charge on any atom is -0.313 e. The number of amides is 1. The van der Waals surface area contributed by atoms with Gasteiger partial charge in [-0.15, -0.1) is 6.58 Å². The Morgan fingerprint density at radius 2 is 2.07 bits per heavy atom. The molecule has 0 saturated heterocycles. The molecular formula is C18H20N4O3S2. The summed E-state index contributed by atoms with van der Waals surface area (Å²) >= 11 is 1.28. The van der Waals surface area contributed by atoms with Crippen LogP contribution in [-0.2, 0) is 27.7 Å². The first kappa shape index (κ1) is 19.2. The van der Waals surface area contributed by atoms with Crippen molar-refractivity contribution in [2.24, 2.45) is 4.99 Å². The quantitative estimate of drug-likeness (QED) is 0.610. The number of rotatable bonds is 5. The second-order valence-corrected chi connectivity index (χ2v) is 9.30. The van der Waals surface area contributed by atoms with Crippen molar-refractivity contribution in [1.82, 2.24) is 14.3 Å². The molecule has 1 amide bonds. The van der Waals surface area contributed by atoms with E-state index in [1.165, 1.54) is 17.6 Å². The molecule has 0 atom stereocenters. The molecule has 0 aliphatic carbocycles. The molecule has 0 saturated carbocycles. The summed E-state index contributed by atoms with van der Waals surface area (Å²) in [6.07, 6.45) is 2.88. The summed E-state index contributed by atoms with van der Waals surface area (Å²) in [5.74, 6) is -0.325. The molecule has 3 aromatic rings. The van der Waals surface area contributed by atoms with Gasteiger partial charge in [0.1, 0.15) is 6.54 Å². The van der Waals surface area contributed by atoms with Crippen LogP contribution in [0.4, 0.5) is 0 Å². The Balaban J connectivity index is 2.07. The first-order valence-electron chi connectivity index (χ1n) is 8.22. The van der Waals surface area contributed by atoms with E-state index in [1.54, 1.807) is 29.0 Å². The van der Waals surface area contributed by atoms with Crippen LogP contribution in [-0.4, -0.2) is 34.9 Å². The van der Waals surface area contributed by atoms with Gasteiger partial charge in [0.05, 0.1) is 20.8 Å². The van der Waals surface area contributed by atoms with Crippen LogP contribution in [0, 0.1) is 13.8 Å². The van der Waals surface area contributed by atoms with Gasteiger partial charge in [0.2, 0.25) is 0 Å². The lowest BCUT2D eigenvalue weighted by Gasteiger charge is -2.03. The molecule has 0 N–H and O–H groups in total. The first-order chi connectivity index (χ1) is 12.7. The lowest BCUT2D eigenvalue weighted by Crippen LogP contribution is -2.19. The molecule has 9 heteroatoms. The van der Waals surface area contributed by atoms with Crippen LogP contribution in [0.25, 0.3) is 10.2 Å². The summed E-state index contributed by atoms with van der Waals surface area (Å²) in [5, 5.41) is 4.28. The highest BCUT2D eigenvalue weighted by molar-refractivity contribution is 7.90. The molecular weight excluding hydrogens is 384 g/mol. The number of thiazole rings is 1. The van der Waals surface area contributed by atoms with Gasteiger partial charge < -0.3 is 4.57 Å². The number of aryl methyl sites for hydroxylation is 2. The molecule has 0 bridgehead atoms. The van der Waals surface area contributed by atoms with E-state index in [9.17, 15) is 13.2 Å². The van der Waals surface area contributed by atoms with Crippen molar-refractivity contribution < 1.29 is 13.2 Å². The summed E-state index contributed by atoms with van der Waals surface area (Å²) in [6, 6.07) is 6.80. The number of nitrogens with zero attached hydrogens (tertiary/aromatic N) is 4. The smallest absolute Gasteiger partial charge is 0.270 e. The fourth-order valence-corrected chi connectivity index (χ4v) is 4.60. The second-order valence-electron chi connectivity index (χ2n) is 6.28. The number of carbonyl (C=O) groups excluding carboxylic acids is 1. The maximum Gasteiger partial charge on any atom is 0.270 e. The van der Waals surface area contributed by atoms with Gasteiger partial charge in [-0.3, -0.25) is 9.48 Å². The average molecular weight is 405 g/mol. The maximum absolute atomic E-state index is 12.4. The van der Waals surface area contributed by atoms with E-state index in [0.717, 1.165) is 21.6 Å². The normalized spacial score (nSPS) is 12.6. The number of sulfone groups is 1. The van der Waals surface area contributed by atoms with Crippen molar-refractivity contribution in [3.8, 4) is 0 Å². The highest BCUT2D eigenvalue weighted by Gasteiger charge is 2.13. The van der Waals surface area contributed by atoms with Crippen LogP contribution < -0.4 is 4.80 Å². The third-order valence-electron chi connectivity index (χ3n) is 4.00. The topological polar surface area (TPSA) is 86.3 Å². The van der Waals surface area contributed by atoms with Gasteiger partial charge in [0.25, 0.3) is 5.91 Å². The number of fused-ring (bicyclic) bond motifs is 1. The van der Waals surface area contributed by atoms with Crippen molar-refractivity contribution in [2.75, 3.05) is 6.26 Å². The molecule has 0 spiro atoms. The van der Waals surface area contributed by atoms with Gasteiger partial charge in [-0.1, -0.05) is 17.4 Å². The summed E-state index contributed by atoms with van der Waals surface area (Å²) in [5.41, 5.74) is 2.55. The molecule has 1 aromatic carbocycles. The van der Waals surface area contributed by atoms with Crippen LogP contribution in [0.3, 0.4) is 0 Å². The SMILES string of the molecule is C=CCn1c(=NC(=O)Cn2nc(C)cc2C)sc2cc(S(C)(=O)=O)ccc21. The molecule has 2 aromatic heterocycles. The van der Waals surface area contributed by atoms with E-state index in [-0.39, 0.29) is 17.3 Å². The zero-order chi connectivity index (χ0) is 19.8. The van der Waals surface area contributed by atoms with Crippen molar-refractivity contribution in [1.29, 1.82) is 0 Å². The fraction of sp³-hybridized carbons (Fsp3) is 0.278. The molecule has 7 nitrogen and oxygen atoms in total. The third-order valence-corrected chi connectivity index (χ3v) is 6.15. The largest absolute Gasteiger partial charge is 0.313 e. The van der Waals surface area contributed by atoms with Crippen LogP contribution in [0.5, 0.6) is 0 Å². The van der Waals surface area contributed by atoms with Gasteiger partial charge >= 0.3 is 0 Å². The fourth-order valence-electron chi connectivity index (χ4n) is 2.78. The number of hydrogen-bond acceptors (Lipinski definition) is 5. The van der Waals surface area contributed by atoms with Crippen molar-refractivity contribution in [2.45, 2.75) is 31.8 Å². The van der Waals surface area contributed by atoms with Gasteiger partial charge in [0.15, 0.2) is 14.6 Å². The Bertz CT molecular complexity index is 1210. The molecule has 2 heterocycles. The Morgan fingerprint density at radius 3 is 2.67 bits per heavy atom. The van der Waals surface area contributed by atoms with Gasteiger partial charge in [-0.05, 0) is 38.1 Å². The summed E-state index contributed by atoms with van der Waals surface area (Å²) in [6.45, 7) is 8.02. The molecule has 0 radical (unpaired) electrons. The van der Waals surface area contributed by atoms with E-state index in [0.29, 0.717) is 11.3 Å². The Morgan fingerprint density at radius 1 is 1.33 bits per heavy atom. The second kappa shape index (κ2) is 7.24. The number of carbonyl (C=O) groups is 1. The lowest BCUT2D eigenvalue weighted by atomic mass is 10.3. The van der Waals surface area contributed by atoms with E-state index >= 15 is 0 Å². The zero-order valence-corrected chi connectivity index (χ0v) is 17.0. The van der Waals surface area contributed by atoms with E-state index < -0.39 is 9.84 Å². The summed E-state index contributed by atoms with van der Waals surface area (Å²) < 4.78 is 27.8. The molecule has 0 aliphatic rings. The predicted octanol–water partition coefficient (Wildman–Crippen LogP) is 2.23. The Kier molecular flexibility index (Phi) is 5.16. The van der Waals surface area contributed by atoms with Gasteiger partial charge in [0, 0.05) is 18.5 Å². The first-order valence-corrected chi connectivity index (χ1v) is 10.9. The molecule has 0 fully saturated rings. The van der Waals surface area contributed by atoms with Crippen molar-refractivity contribution in [3.05, 3.63) is 53.1 Å². The lowest BCUT2D eigenvalue weighted by molar-refractivity contribution is -0.118. The van der Waals surface area contributed by atoms with Crippen molar-refractivity contribution in [3.63, 3.8) is 0 Å². The number of allylic oxidation sites excluding steroid dienone is 1. The number of benzene rings is 1. The summed E-state index contributed by atoms with van der Waals surface area (Å²) in [4.78, 5) is 17.4. The van der Waals surface area contributed by atoms with Crippen LogP contribution in [0.2, 0.25) is 0 Å². The van der Waals surface area contributed by atoms with E-state index in [1.807, 2.05) is 24.5 Å². The molecule has 27 heavy (non-hydrogen) atoms. The highest BCUT2D eigenvalue weighted by atomic mass is 32.2.